The van der Waals surface area contributed by atoms with Gasteiger partial charge >= 0.3 is 0 Å². The number of nitrogens with zero attached hydrogens (tertiary/aromatic N) is 3. The summed E-state index contributed by atoms with van der Waals surface area (Å²) in [6.07, 6.45) is 3.15. The minimum atomic E-state index is -0.437. The van der Waals surface area contributed by atoms with Crippen LogP contribution in [0.4, 0.5) is 5.69 Å². The highest BCUT2D eigenvalue weighted by Crippen LogP contribution is 2.22. The molecule has 1 aliphatic heterocycles. The van der Waals surface area contributed by atoms with Gasteiger partial charge in [0.05, 0.1) is 23.0 Å². The zero-order valence-corrected chi connectivity index (χ0v) is 11.9. The second-order valence-electron chi connectivity index (χ2n) is 4.91. The molecule has 0 atom stereocenters. The molecule has 1 aromatic carbocycles. The highest BCUT2D eigenvalue weighted by atomic mass is 16.2. The Balaban J connectivity index is 1.79. The third-order valence-electron chi connectivity index (χ3n) is 3.58. The van der Waals surface area contributed by atoms with E-state index in [-0.39, 0.29) is 12.5 Å². The lowest BCUT2D eigenvalue weighted by atomic mass is 10.1. The smallest absolute Gasteiger partial charge is 0.262 e. The number of imide groups is 1. The normalized spacial score (nSPS) is 13.2. The first-order valence-electron chi connectivity index (χ1n) is 6.71. The van der Waals surface area contributed by atoms with Crippen molar-refractivity contribution in [3.05, 3.63) is 59.9 Å². The summed E-state index contributed by atoms with van der Waals surface area (Å²) < 4.78 is 0. The highest BCUT2D eigenvalue weighted by Gasteiger charge is 2.36. The number of fused-ring (bicyclic) bond motifs is 1. The Labute approximate surface area is 127 Å². The van der Waals surface area contributed by atoms with Gasteiger partial charge in [0.15, 0.2) is 0 Å². The number of anilines is 1. The first-order chi connectivity index (χ1) is 10.6. The van der Waals surface area contributed by atoms with Crippen molar-refractivity contribution in [3.63, 3.8) is 0 Å². The van der Waals surface area contributed by atoms with Gasteiger partial charge in [-0.2, -0.15) is 0 Å². The number of rotatable bonds is 3. The zero-order valence-electron chi connectivity index (χ0n) is 11.9. The van der Waals surface area contributed by atoms with Crippen LogP contribution in [0.5, 0.6) is 0 Å². The summed E-state index contributed by atoms with van der Waals surface area (Å²) in [5.74, 6) is -1.23. The molecule has 22 heavy (non-hydrogen) atoms. The van der Waals surface area contributed by atoms with Gasteiger partial charge in [-0.05, 0) is 24.3 Å². The molecule has 0 unspecified atom stereocenters. The van der Waals surface area contributed by atoms with Crippen LogP contribution in [0, 0.1) is 0 Å². The van der Waals surface area contributed by atoms with Gasteiger partial charge in [-0.25, -0.2) is 0 Å². The Morgan fingerprint density at radius 1 is 1.09 bits per heavy atom. The SMILES string of the molecule is CN(C(=O)CN1C(=O)c2ccccc2C1=O)c1cccnc1. The first kappa shape index (κ1) is 13.9. The van der Waals surface area contributed by atoms with Crippen LogP contribution >= 0.6 is 0 Å². The van der Waals surface area contributed by atoms with Crippen LogP contribution in [0.1, 0.15) is 20.7 Å². The largest absolute Gasteiger partial charge is 0.312 e. The van der Waals surface area contributed by atoms with Crippen LogP contribution in [-0.4, -0.2) is 41.2 Å². The second-order valence-corrected chi connectivity index (χ2v) is 4.91. The number of amides is 3. The molecule has 3 rings (SSSR count). The molecule has 2 aromatic rings. The molecule has 0 spiro atoms. The Bertz CT molecular complexity index is 723. The van der Waals surface area contributed by atoms with E-state index < -0.39 is 11.8 Å². The molecule has 3 amide bonds. The summed E-state index contributed by atoms with van der Waals surface area (Å²) in [4.78, 5) is 43.0. The molecule has 6 heteroatoms. The number of hydrogen-bond acceptors (Lipinski definition) is 4. The van der Waals surface area contributed by atoms with E-state index in [9.17, 15) is 14.4 Å². The lowest BCUT2D eigenvalue weighted by Crippen LogP contribution is -2.41. The van der Waals surface area contributed by atoms with Crippen LogP contribution < -0.4 is 4.90 Å². The monoisotopic (exact) mass is 295 g/mol. The summed E-state index contributed by atoms with van der Waals surface area (Å²) in [7, 11) is 1.58. The maximum absolute atomic E-state index is 12.3. The van der Waals surface area contributed by atoms with Crippen LogP contribution in [0.15, 0.2) is 48.8 Å². The van der Waals surface area contributed by atoms with Crippen molar-refractivity contribution >= 4 is 23.4 Å². The fourth-order valence-corrected chi connectivity index (χ4v) is 2.32. The van der Waals surface area contributed by atoms with Crippen molar-refractivity contribution in [3.8, 4) is 0 Å². The van der Waals surface area contributed by atoms with Crippen molar-refractivity contribution in [2.75, 3.05) is 18.5 Å². The predicted octanol–water partition coefficient (Wildman–Crippen LogP) is 1.34. The molecule has 110 valence electrons. The number of aromatic nitrogens is 1. The Morgan fingerprint density at radius 3 is 2.27 bits per heavy atom. The van der Waals surface area contributed by atoms with Crippen molar-refractivity contribution < 1.29 is 14.4 Å². The molecule has 0 N–H and O–H groups in total. The van der Waals surface area contributed by atoms with E-state index in [4.69, 9.17) is 0 Å². The summed E-state index contributed by atoms with van der Waals surface area (Å²) in [6, 6.07) is 10.00. The minimum absolute atomic E-state index is 0.294. The predicted molar refractivity (Wildman–Crippen MR) is 79.5 cm³/mol. The Hall–Kier alpha value is -3.02. The quantitative estimate of drug-likeness (QED) is 0.801. The number of carbonyl (C=O) groups is 3. The maximum Gasteiger partial charge on any atom is 0.262 e. The van der Waals surface area contributed by atoms with Crippen LogP contribution in [0.2, 0.25) is 0 Å². The number of pyridine rings is 1. The van der Waals surface area contributed by atoms with Crippen LogP contribution in [0.25, 0.3) is 0 Å². The first-order valence-corrected chi connectivity index (χ1v) is 6.71. The molecule has 0 saturated heterocycles. The van der Waals surface area contributed by atoms with E-state index in [0.717, 1.165) is 4.90 Å². The molecule has 0 radical (unpaired) electrons. The molecular weight excluding hydrogens is 282 g/mol. The van der Waals surface area contributed by atoms with E-state index >= 15 is 0 Å². The topological polar surface area (TPSA) is 70.6 Å². The fourth-order valence-electron chi connectivity index (χ4n) is 2.32. The molecule has 0 bridgehead atoms. The second kappa shape index (κ2) is 5.40. The van der Waals surface area contributed by atoms with Crippen molar-refractivity contribution in [1.82, 2.24) is 9.88 Å². The van der Waals surface area contributed by atoms with Gasteiger partial charge in [0.25, 0.3) is 11.8 Å². The summed E-state index contributed by atoms with van der Waals surface area (Å²) >= 11 is 0. The number of hydrogen-bond donors (Lipinski definition) is 0. The Morgan fingerprint density at radius 2 is 1.73 bits per heavy atom. The van der Waals surface area contributed by atoms with Crippen molar-refractivity contribution in [2.45, 2.75) is 0 Å². The molecule has 1 aromatic heterocycles. The molecule has 0 saturated carbocycles. The number of carbonyl (C=O) groups excluding carboxylic acids is 3. The lowest BCUT2D eigenvalue weighted by molar-refractivity contribution is -0.118. The summed E-state index contributed by atoms with van der Waals surface area (Å²) in [5.41, 5.74) is 1.28. The van der Waals surface area contributed by atoms with Gasteiger partial charge < -0.3 is 4.90 Å². The lowest BCUT2D eigenvalue weighted by Gasteiger charge is -2.20. The van der Waals surface area contributed by atoms with Gasteiger partial charge in [-0.15, -0.1) is 0 Å². The van der Waals surface area contributed by atoms with Crippen LogP contribution in [-0.2, 0) is 4.79 Å². The molecule has 0 fully saturated rings. The van der Waals surface area contributed by atoms with Gasteiger partial charge in [0.2, 0.25) is 5.91 Å². The molecule has 1 aliphatic rings. The third-order valence-corrected chi connectivity index (χ3v) is 3.58. The molecular formula is C16H13N3O3. The Kier molecular flexibility index (Phi) is 3.42. The number of benzene rings is 1. The summed E-state index contributed by atoms with van der Waals surface area (Å²) in [5, 5.41) is 0. The average molecular weight is 295 g/mol. The average Bonchev–Trinajstić information content (AvgIpc) is 2.80. The van der Waals surface area contributed by atoms with Gasteiger partial charge in [-0.1, -0.05) is 12.1 Å². The number of likely N-dealkylation sites (N-methyl/N-ethyl adjacent to an activating group) is 1. The van der Waals surface area contributed by atoms with Crippen LogP contribution in [0.3, 0.4) is 0 Å². The van der Waals surface area contributed by atoms with E-state index in [1.807, 2.05) is 0 Å². The molecule has 6 nitrogen and oxygen atoms in total. The van der Waals surface area contributed by atoms with Gasteiger partial charge in [0, 0.05) is 13.2 Å². The van der Waals surface area contributed by atoms with Gasteiger partial charge in [0.1, 0.15) is 6.54 Å². The van der Waals surface area contributed by atoms with E-state index in [1.165, 1.54) is 4.90 Å². The van der Waals surface area contributed by atoms with Crippen molar-refractivity contribution in [2.24, 2.45) is 0 Å². The highest BCUT2D eigenvalue weighted by molar-refractivity contribution is 6.22. The van der Waals surface area contributed by atoms with E-state index in [0.29, 0.717) is 16.8 Å². The molecule has 0 aliphatic carbocycles. The fraction of sp³-hybridized carbons (Fsp3) is 0.125. The molecule has 2 heterocycles. The van der Waals surface area contributed by atoms with Gasteiger partial charge in [-0.3, -0.25) is 24.3 Å². The minimum Gasteiger partial charge on any atom is -0.312 e. The standard InChI is InChI=1S/C16H13N3O3/c1-18(11-5-4-8-17-9-11)14(20)10-19-15(21)12-6-2-3-7-13(12)16(19)22/h2-9H,10H2,1H3. The van der Waals surface area contributed by atoms with E-state index in [2.05, 4.69) is 4.98 Å². The third kappa shape index (κ3) is 2.24. The summed E-state index contributed by atoms with van der Waals surface area (Å²) in [6.45, 7) is -0.294. The zero-order chi connectivity index (χ0) is 15.7. The maximum atomic E-state index is 12.3. The van der Waals surface area contributed by atoms with E-state index in [1.54, 1.807) is 55.8 Å². The van der Waals surface area contributed by atoms with Crippen molar-refractivity contribution in [1.29, 1.82) is 0 Å².